The summed E-state index contributed by atoms with van der Waals surface area (Å²) in [6.45, 7) is 8.38. The van der Waals surface area contributed by atoms with Gasteiger partial charge in [0, 0.05) is 29.3 Å². The van der Waals surface area contributed by atoms with E-state index in [-0.39, 0.29) is 5.91 Å². The standard InChI is InChI=1S/C21H25BrN4O/c1-4-12-26-19(24-18-6-5-11-23-20(18)26)14-25(13-15(2)3)21(27)16-7-9-17(22)10-8-16/h5-11,15H,4,12-14H2,1-3H3. The second-order valence-corrected chi connectivity index (χ2v) is 8.03. The van der Waals surface area contributed by atoms with E-state index in [4.69, 9.17) is 4.98 Å². The highest BCUT2D eigenvalue weighted by atomic mass is 79.9. The Balaban J connectivity index is 1.95. The normalized spacial score (nSPS) is 11.3. The number of hydrogen-bond acceptors (Lipinski definition) is 3. The summed E-state index contributed by atoms with van der Waals surface area (Å²) in [5.41, 5.74) is 2.45. The third-order valence-corrected chi connectivity index (χ3v) is 4.85. The molecule has 0 fully saturated rings. The Hall–Kier alpha value is -2.21. The SMILES string of the molecule is CCCn1c(CN(CC(C)C)C(=O)c2ccc(Br)cc2)nc2cccnc21. The monoisotopic (exact) mass is 428 g/mol. The Morgan fingerprint density at radius 2 is 1.96 bits per heavy atom. The number of carbonyl (C=O) groups is 1. The molecule has 0 saturated carbocycles. The molecule has 2 heterocycles. The summed E-state index contributed by atoms with van der Waals surface area (Å²) in [6, 6.07) is 11.4. The number of pyridine rings is 1. The fourth-order valence-electron chi connectivity index (χ4n) is 3.19. The molecule has 0 spiro atoms. The summed E-state index contributed by atoms with van der Waals surface area (Å²) >= 11 is 3.43. The molecule has 0 bridgehead atoms. The van der Waals surface area contributed by atoms with Crippen molar-refractivity contribution in [2.45, 2.75) is 40.3 Å². The summed E-state index contributed by atoms with van der Waals surface area (Å²) in [5.74, 6) is 1.28. The first kappa shape index (κ1) is 19.5. The van der Waals surface area contributed by atoms with Crippen LogP contribution in [-0.2, 0) is 13.1 Å². The highest BCUT2D eigenvalue weighted by Gasteiger charge is 2.21. The van der Waals surface area contributed by atoms with E-state index in [9.17, 15) is 4.79 Å². The average molecular weight is 429 g/mol. The second kappa shape index (κ2) is 8.65. The van der Waals surface area contributed by atoms with E-state index in [1.807, 2.05) is 41.3 Å². The van der Waals surface area contributed by atoms with Crippen LogP contribution in [0.25, 0.3) is 11.2 Å². The number of aryl methyl sites for hydroxylation is 1. The number of rotatable bonds is 7. The molecule has 5 nitrogen and oxygen atoms in total. The minimum absolute atomic E-state index is 0.0271. The van der Waals surface area contributed by atoms with Gasteiger partial charge in [-0.15, -0.1) is 0 Å². The van der Waals surface area contributed by atoms with Crippen LogP contribution in [0.4, 0.5) is 0 Å². The predicted octanol–water partition coefficient (Wildman–Crippen LogP) is 4.90. The lowest BCUT2D eigenvalue weighted by atomic mass is 10.1. The van der Waals surface area contributed by atoms with E-state index in [1.54, 1.807) is 6.20 Å². The van der Waals surface area contributed by atoms with Crippen LogP contribution in [0.2, 0.25) is 0 Å². The number of aromatic nitrogens is 3. The van der Waals surface area contributed by atoms with E-state index in [1.165, 1.54) is 0 Å². The van der Waals surface area contributed by atoms with Crippen molar-refractivity contribution in [3.05, 3.63) is 58.5 Å². The minimum atomic E-state index is 0.0271. The molecule has 0 aliphatic rings. The van der Waals surface area contributed by atoms with Crippen LogP contribution in [-0.4, -0.2) is 31.9 Å². The van der Waals surface area contributed by atoms with Gasteiger partial charge in [-0.1, -0.05) is 36.7 Å². The molecule has 0 radical (unpaired) electrons. The Morgan fingerprint density at radius 3 is 2.63 bits per heavy atom. The maximum Gasteiger partial charge on any atom is 0.254 e. The van der Waals surface area contributed by atoms with E-state index in [2.05, 4.69) is 46.3 Å². The van der Waals surface area contributed by atoms with Crippen molar-refractivity contribution in [2.24, 2.45) is 5.92 Å². The Labute approximate surface area is 168 Å². The summed E-state index contributed by atoms with van der Waals surface area (Å²) < 4.78 is 3.10. The Morgan fingerprint density at radius 1 is 1.22 bits per heavy atom. The lowest BCUT2D eigenvalue weighted by Gasteiger charge is -2.25. The van der Waals surface area contributed by atoms with Gasteiger partial charge in [-0.05, 0) is 48.7 Å². The molecule has 0 saturated heterocycles. The van der Waals surface area contributed by atoms with Crippen molar-refractivity contribution in [2.75, 3.05) is 6.54 Å². The van der Waals surface area contributed by atoms with Gasteiger partial charge in [0.1, 0.15) is 11.3 Å². The molecule has 3 rings (SSSR count). The molecule has 6 heteroatoms. The lowest BCUT2D eigenvalue weighted by Crippen LogP contribution is -2.34. The van der Waals surface area contributed by atoms with Crippen LogP contribution >= 0.6 is 15.9 Å². The third kappa shape index (κ3) is 4.56. The number of hydrogen-bond donors (Lipinski definition) is 0. The zero-order valence-electron chi connectivity index (χ0n) is 16.0. The van der Waals surface area contributed by atoms with Crippen molar-refractivity contribution in [3.63, 3.8) is 0 Å². The van der Waals surface area contributed by atoms with Gasteiger partial charge in [-0.3, -0.25) is 4.79 Å². The Bertz CT molecular complexity index is 918. The molecule has 3 aromatic rings. The average Bonchev–Trinajstić information content (AvgIpc) is 2.99. The molecule has 0 N–H and O–H groups in total. The number of benzene rings is 1. The molecule has 1 amide bonds. The van der Waals surface area contributed by atoms with Crippen LogP contribution in [0.5, 0.6) is 0 Å². The summed E-state index contributed by atoms with van der Waals surface area (Å²) in [7, 11) is 0. The van der Waals surface area contributed by atoms with Gasteiger partial charge in [0.25, 0.3) is 5.91 Å². The molecule has 1 aromatic carbocycles. The Kier molecular flexibility index (Phi) is 6.26. The molecule has 0 unspecified atom stereocenters. The zero-order chi connectivity index (χ0) is 19.4. The van der Waals surface area contributed by atoms with E-state index >= 15 is 0 Å². The van der Waals surface area contributed by atoms with Crippen molar-refractivity contribution in [1.29, 1.82) is 0 Å². The fraction of sp³-hybridized carbons (Fsp3) is 0.381. The van der Waals surface area contributed by atoms with Gasteiger partial charge < -0.3 is 9.47 Å². The summed E-state index contributed by atoms with van der Waals surface area (Å²) in [6.07, 6.45) is 2.78. The van der Waals surface area contributed by atoms with E-state index in [0.29, 0.717) is 24.6 Å². The van der Waals surface area contributed by atoms with Crippen molar-refractivity contribution in [1.82, 2.24) is 19.4 Å². The number of halogens is 1. The highest BCUT2D eigenvalue weighted by molar-refractivity contribution is 9.10. The second-order valence-electron chi connectivity index (χ2n) is 7.11. The van der Waals surface area contributed by atoms with Gasteiger partial charge >= 0.3 is 0 Å². The van der Waals surface area contributed by atoms with Crippen molar-refractivity contribution >= 4 is 33.0 Å². The molecule has 142 valence electrons. The van der Waals surface area contributed by atoms with Crippen LogP contribution in [0.1, 0.15) is 43.4 Å². The largest absolute Gasteiger partial charge is 0.331 e. The zero-order valence-corrected chi connectivity index (χ0v) is 17.6. The number of carbonyl (C=O) groups excluding carboxylic acids is 1. The van der Waals surface area contributed by atoms with Gasteiger partial charge in [-0.25, -0.2) is 9.97 Å². The summed E-state index contributed by atoms with van der Waals surface area (Å²) in [5, 5.41) is 0. The van der Waals surface area contributed by atoms with Gasteiger partial charge in [0.05, 0.1) is 6.54 Å². The first-order valence-corrected chi connectivity index (χ1v) is 10.1. The van der Waals surface area contributed by atoms with E-state index in [0.717, 1.165) is 34.4 Å². The van der Waals surface area contributed by atoms with E-state index < -0.39 is 0 Å². The topological polar surface area (TPSA) is 51.0 Å². The first-order chi connectivity index (χ1) is 13.0. The number of nitrogens with zero attached hydrogens (tertiary/aromatic N) is 4. The van der Waals surface area contributed by atoms with Crippen molar-refractivity contribution < 1.29 is 4.79 Å². The molecule has 2 aromatic heterocycles. The minimum Gasteiger partial charge on any atom is -0.331 e. The fourth-order valence-corrected chi connectivity index (χ4v) is 3.45. The third-order valence-electron chi connectivity index (χ3n) is 4.33. The number of amides is 1. The first-order valence-electron chi connectivity index (χ1n) is 9.34. The highest BCUT2D eigenvalue weighted by Crippen LogP contribution is 2.19. The molecule has 0 aliphatic carbocycles. The van der Waals surface area contributed by atoms with Crippen LogP contribution in [0.3, 0.4) is 0 Å². The molecular weight excluding hydrogens is 404 g/mol. The molecule has 27 heavy (non-hydrogen) atoms. The van der Waals surface area contributed by atoms with Gasteiger partial charge in [0.15, 0.2) is 5.65 Å². The van der Waals surface area contributed by atoms with Gasteiger partial charge in [-0.2, -0.15) is 0 Å². The maximum atomic E-state index is 13.1. The molecule has 0 atom stereocenters. The summed E-state index contributed by atoms with van der Waals surface area (Å²) in [4.78, 5) is 24.3. The molecule has 0 aliphatic heterocycles. The van der Waals surface area contributed by atoms with Crippen LogP contribution in [0, 0.1) is 5.92 Å². The van der Waals surface area contributed by atoms with Gasteiger partial charge in [0.2, 0.25) is 0 Å². The quantitative estimate of drug-likeness (QED) is 0.537. The molecular formula is C21H25BrN4O. The lowest BCUT2D eigenvalue weighted by molar-refractivity contribution is 0.0716. The maximum absolute atomic E-state index is 13.1. The number of fused-ring (bicyclic) bond motifs is 1. The number of imidazole rings is 1. The smallest absolute Gasteiger partial charge is 0.254 e. The van der Waals surface area contributed by atoms with Crippen molar-refractivity contribution in [3.8, 4) is 0 Å². The van der Waals surface area contributed by atoms with Crippen LogP contribution < -0.4 is 0 Å². The predicted molar refractivity (Wildman–Crippen MR) is 112 cm³/mol. The van der Waals surface area contributed by atoms with Crippen LogP contribution in [0.15, 0.2) is 47.1 Å².